The van der Waals surface area contributed by atoms with Crippen molar-refractivity contribution in [2.24, 2.45) is 23.7 Å². The van der Waals surface area contributed by atoms with Gasteiger partial charge in [-0.15, -0.1) is 0 Å². The Kier molecular flexibility index (Phi) is 5.00. The first-order chi connectivity index (χ1) is 14.4. The fraction of sp³-hybridized carbons (Fsp3) is 0.667. The number of aliphatic hydroxyl groups is 1. The van der Waals surface area contributed by atoms with E-state index in [-0.39, 0.29) is 17.9 Å². The van der Waals surface area contributed by atoms with Crippen molar-refractivity contribution in [3.05, 3.63) is 29.8 Å². The van der Waals surface area contributed by atoms with E-state index in [1.165, 1.54) is 12.8 Å². The molecule has 30 heavy (non-hydrogen) atoms. The zero-order chi connectivity index (χ0) is 20.9. The lowest BCUT2D eigenvalue weighted by Gasteiger charge is -2.58. The molecule has 1 aliphatic heterocycles. The second kappa shape index (κ2) is 7.56. The van der Waals surface area contributed by atoms with Gasteiger partial charge in [-0.2, -0.15) is 0 Å². The van der Waals surface area contributed by atoms with E-state index >= 15 is 0 Å². The molecule has 4 aliphatic carbocycles. The predicted octanol–water partition coefficient (Wildman–Crippen LogP) is 2.32. The van der Waals surface area contributed by atoms with Crippen molar-refractivity contribution in [1.82, 2.24) is 10.6 Å². The van der Waals surface area contributed by atoms with Crippen molar-refractivity contribution < 1.29 is 14.7 Å². The number of anilines is 1. The SMILES string of the molecule is CC(=O)NC1CCN(c2ccc(C(=O)NCC3C4CC5CC3CC(O)(C5)C4)cc2)C1. The Labute approximate surface area is 178 Å². The number of nitrogens with one attached hydrogen (secondary N) is 2. The Morgan fingerprint density at radius 1 is 1.13 bits per heavy atom. The summed E-state index contributed by atoms with van der Waals surface area (Å²) in [6.07, 6.45) is 6.23. The summed E-state index contributed by atoms with van der Waals surface area (Å²) in [4.78, 5) is 26.2. The normalized spacial score (nSPS) is 36.7. The fourth-order valence-electron chi connectivity index (χ4n) is 6.96. The van der Waals surface area contributed by atoms with Crippen LogP contribution in [0, 0.1) is 23.7 Å². The number of benzene rings is 1. The maximum Gasteiger partial charge on any atom is 0.251 e. The molecule has 6 rings (SSSR count). The van der Waals surface area contributed by atoms with Crippen LogP contribution in [0.1, 0.15) is 55.8 Å². The summed E-state index contributed by atoms with van der Waals surface area (Å²) >= 11 is 0. The Hall–Kier alpha value is -2.08. The van der Waals surface area contributed by atoms with Crippen LogP contribution in [-0.2, 0) is 4.79 Å². The molecule has 1 saturated heterocycles. The summed E-state index contributed by atoms with van der Waals surface area (Å²) in [5.41, 5.74) is 1.37. The minimum absolute atomic E-state index is 0.00777. The minimum Gasteiger partial charge on any atom is -0.390 e. The first-order valence-electron chi connectivity index (χ1n) is 11.5. The number of hydrogen-bond donors (Lipinski definition) is 3. The van der Waals surface area contributed by atoms with Crippen molar-refractivity contribution in [1.29, 1.82) is 0 Å². The molecule has 4 saturated carbocycles. The molecule has 1 heterocycles. The molecule has 1 aromatic carbocycles. The molecule has 162 valence electrons. The van der Waals surface area contributed by atoms with Crippen molar-refractivity contribution in [2.45, 2.75) is 57.1 Å². The Balaban J connectivity index is 1.15. The minimum atomic E-state index is -0.415. The van der Waals surface area contributed by atoms with E-state index in [4.69, 9.17) is 0 Å². The smallest absolute Gasteiger partial charge is 0.251 e. The molecule has 4 bridgehead atoms. The third-order valence-corrected chi connectivity index (χ3v) is 8.02. The molecular formula is C24H33N3O3. The number of hydrogen-bond acceptors (Lipinski definition) is 4. The zero-order valence-corrected chi connectivity index (χ0v) is 17.8. The van der Waals surface area contributed by atoms with Crippen LogP contribution in [-0.4, -0.2) is 48.2 Å². The number of carbonyl (C=O) groups is 2. The average molecular weight is 412 g/mol. The zero-order valence-electron chi connectivity index (χ0n) is 17.8. The van der Waals surface area contributed by atoms with Crippen molar-refractivity contribution >= 4 is 17.5 Å². The van der Waals surface area contributed by atoms with E-state index in [0.717, 1.165) is 51.0 Å². The molecule has 0 spiro atoms. The van der Waals surface area contributed by atoms with Crippen LogP contribution in [0.3, 0.4) is 0 Å². The molecule has 5 aliphatic rings. The second-order valence-corrected chi connectivity index (χ2v) is 10.2. The average Bonchev–Trinajstić information content (AvgIpc) is 3.14. The summed E-state index contributed by atoms with van der Waals surface area (Å²) in [6.45, 7) is 4.00. The van der Waals surface area contributed by atoms with Crippen LogP contribution in [0.15, 0.2) is 24.3 Å². The Morgan fingerprint density at radius 3 is 2.47 bits per heavy atom. The van der Waals surface area contributed by atoms with Gasteiger partial charge in [0, 0.05) is 43.9 Å². The molecule has 0 radical (unpaired) electrons. The summed E-state index contributed by atoms with van der Waals surface area (Å²) in [5, 5.41) is 16.9. The van der Waals surface area contributed by atoms with Gasteiger partial charge in [0.25, 0.3) is 5.91 Å². The molecule has 6 nitrogen and oxygen atoms in total. The Morgan fingerprint density at radius 2 is 1.83 bits per heavy atom. The molecule has 5 fully saturated rings. The number of rotatable bonds is 5. The van der Waals surface area contributed by atoms with Crippen LogP contribution in [0.25, 0.3) is 0 Å². The van der Waals surface area contributed by atoms with Crippen LogP contribution in [0.4, 0.5) is 5.69 Å². The highest BCUT2D eigenvalue weighted by Gasteiger charge is 2.54. The van der Waals surface area contributed by atoms with Gasteiger partial charge in [0.15, 0.2) is 0 Å². The number of nitrogens with zero attached hydrogens (tertiary/aromatic N) is 1. The Bertz CT molecular complexity index is 807. The molecule has 1 aromatic rings. The van der Waals surface area contributed by atoms with Crippen molar-refractivity contribution in [3.63, 3.8) is 0 Å². The summed E-state index contributed by atoms with van der Waals surface area (Å²) in [7, 11) is 0. The standard InChI is InChI=1S/C24H33N3O3/c1-15(28)26-20-6-7-27(14-20)21-4-2-17(3-5-21)23(29)25-13-22-18-8-16-9-19(22)12-24(30,10-16)11-18/h2-5,16,18-20,22,30H,6-14H2,1H3,(H,25,29)(H,26,28). The van der Waals surface area contributed by atoms with Gasteiger partial charge in [-0.05, 0) is 86.5 Å². The lowest BCUT2D eigenvalue weighted by Crippen LogP contribution is -2.56. The highest BCUT2D eigenvalue weighted by atomic mass is 16.3. The maximum atomic E-state index is 12.7. The van der Waals surface area contributed by atoms with E-state index in [2.05, 4.69) is 15.5 Å². The van der Waals surface area contributed by atoms with E-state index in [1.54, 1.807) is 6.92 Å². The summed E-state index contributed by atoms with van der Waals surface area (Å²) < 4.78 is 0. The van der Waals surface area contributed by atoms with Crippen LogP contribution in [0.2, 0.25) is 0 Å². The van der Waals surface area contributed by atoms with Crippen molar-refractivity contribution in [2.75, 3.05) is 24.5 Å². The van der Waals surface area contributed by atoms with E-state index < -0.39 is 5.60 Å². The largest absolute Gasteiger partial charge is 0.390 e. The number of amides is 2. The van der Waals surface area contributed by atoms with E-state index in [9.17, 15) is 14.7 Å². The maximum absolute atomic E-state index is 12.7. The van der Waals surface area contributed by atoms with Gasteiger partial charge in [-0.25, -0.2) is 0 Å². The first kappa shape index (κ1) is 19.9. The molecule has 3 N–H and O–H groups in total. The van der Waals surface area contributed by atoms with Gasteiger partial charge in [-0.3, -0.25) is 9.59 Å². The van der Waals surface area contributed by atoms with Crippen LogP contribution in [0.5, 0.6) is 0 Å². The van der Waals surface area contributed by atoms with Crippen molar-refractivity contribution in [3.8, 4) is 0 Å². The highest BCUT2D eigenvalue weighted by Crippen LogP contribution is 2.58. The van der Waals surface area contributed by atoms with Gasteiger partial charge in [-0.1, -0.05) is 0 Å². The van der Waals surface area contributed by atoms with E-state index in [0.29, 0.717) is 29.2 Å². The second-order valence-electron chi connectivity index (χ2n) is 10.2. The van der Waals surface area contributed by atoms with Gasteiger partial charge < -0.3 is 20.6 Å². The fourth-order valence-corrected chi connectivity index (χ4v) is 6.96. The van der Waals surface area contributed by atoms with Gasteiger partial charge in [0.05, 0.1) is 5.60 Å². The molecule has 0 aromatic heterocycles. The molecule has 6 heteroatoms. The molecule has 3 unspecified atom stereocenters. The number of carbonyl (C=O) groups excluding carboxylic acids is 2. The third-order valence-electron chi connectivity index (χ3n) is 8.02. The van der Waals surface area contributed by atoms with Crippen LogP contribution >= 0.6 is 0 Å². The van der Waals surface area contributed by atoms with Crippen LogP contribution < -0.4 is 15.5 Å². The van der Waals surface area contributed by atoms with Gasteiger partial charge in [0.2, 0.25) is 5.91 Å². The molecular weight excluding hydrogens is 378 g/mol. The lowest BCUT2D eigenvalue weighted by atomic mass is 9.50. The predicted molar refractivity (Wildman–Crippen MR) is 115 cm³/mol. The van der Waals surface area contributed by atoms with Gasteiger partial charge in [0.1, 0.15) is 0 Å². The topological polar surface area (TPSA) is 81.7 Å². The van der Waals surface area contributed by atoms with E-state index in [1.807, 2.05) is 24.3 Å². The monoisotopic (exact) mass is 411 g/mol. The lowest BCUT2D eigenvalue weighted by molar-refractivity contribution is -0.150. The molecule has 3 atom stereocenters. The van der Waals surface area contributed by atoms with Gasteiger partial charge >= 0.3 is 0 Å². The highest BCUT2D eigenvalue weighted by molar-refractivity contribution is 5.94. The quantitative estimate of drug-likeness (QED) is 0.695. The first-order valence-corrected chi connectivity index (χ1v) is 11.5. The molecule has 2 amide bonds. The summed E-state index contributed by atoms with van der Waals surface area (Å²) in [5.74, 6) is 2.35. The third kappa shape index (κ3) is 3.82. The summed E-state index contributed by atoms with van der Waals surface area (Å²) in [6, 6.07) is 8.00.